The van der Waals surface area contributed by atoms with Gasteiger partial charge in [-0.25, -0.2) is 8.42 Å². The van der Waals surface area contributed by atoms with Gasteiger partial charge in [0, 0.05) is 0 Å². The van der Waals surface area contributed by atoms with Gasteiger partial charge >= 0.3 is 0 Å². The fourth-order valence-electron chi connectivity index (χ4n) is 2.39. The molecule has 0 radical (unpaired) electrons. The van der Waals surface area contributed by atoms with Gasteiger partial charge in [0.1, 0.15) is 5.75 Å². The summed E-state index contributed by atoms with van der Waals surface area (Å²) in [4.78, 5) is 0.251. The molecule has 0 atom stereocenters. The van der Waals surface area contributed by atoms with Crippen molar-refractivity contribution in [2.24, 2.45) is 0 Å². The van der Waals surface area contributed by atoms with Gasteiger partial charge in [0.15, 0.2) is 0 Å². The number of hydrogen-bond acceptors (Lipinski definition) is 3. The molecule has 0 bridgehead atoms. The van der Waals surface area contributed by atoms with Gasteiger partial charge in [0.2, 0.25) is 0 Å². The minimum atomic E-state index is -3.59. The molecule has 0 fully saturated rings. The van der Waals surface area contributed by atoms with Crippen LogP contribution in [0.3, 0.4) is 0 Å². The van der Waals surface area contributed by atoms with Gasteiger partial charge in [0.25, 0.3) is 10.0 Å². The van der Waals surface area contributed by atoms with Gasteiger partial charge in [-0.2, -0.15) is 0 Å². The Balaban J connectivity index is 1.94. The standard InChI is InChI=1S/C16H17NO3S/c1-12-7-9-14(10-8-12)21(18,19)17-15-6-2-4-13-5-3-11-20-16(13)15/h2,4,6-10,17H,3,5,11H2,1H3. The van der Waals surface area contributed by atoms with Crippen molar-refractivity contribution in [1.29, 1.82) is 0 Å². The maximum absolute atomic E-state index is 12.4. The fraction of sp³-hybridized carbons (Fsp3) is 0.250. The molecule has 4 nitrogen and oxygen atoms in total. The van der Waals surface area contributed by atoms with Crippen LogP contribution in [0.4, 0.5) is 5.69 Å². The number of rotatable bonds is 3. The summed E-state index contributed by atoms with van der Waals surface area (Å²) >= 11 is 0. The molecule has 0 amide bonds. The molecule has 3 rings (SSSR count). The second-order valence-electron chi connectivity index (χ2n) is 5.16. The predicted octanol–water partition coefficient (Wildman–Crippen LogP) is 3.12. The summed E-state index contributed by atoms with van der Waals surface area (Å²) in [7, 11) is -3.59. The maximum atomic E-state index is 12.4. The van der Waals surface area contributed by atoms with Crippen molar-refractivity contribution >= 4 is 15.7 Å². The summed E-state index contributed by atoms with van der Waals surface area (Å²) in [6, 6.07) is 12.3. The molecule has 0 aromatic heterocycles. The third-order valence-corrected chi connectivity index (χ3v) is 4.89. The van der Waals surface area contributed by atoms with Crippen molar-refractivity contribution in [1.82, 2.24) is 0 Å². The molecular formula is C16H17NO3S. The average molecular weight is 303 g/mol. The van der Waals surface area contributed by atoms with Crippen molar-refractivity contribution in [3.05, 3.63) is 53.6 Å². The minimum absolute atomic E-state index is 0.251. The van der Waals surface area contributed by atoms with Crippen LogP contribution in [0.5, 0.6) is 5.75 Å². The molecule has 5 heteroatoms. The second kappa shape index (κ2) is 5.41. The van der Waals surface area contributed by atoms with E-state index < -0.39 is 10.0 Å². The van der Waals surface area contributed by atoms with Crippen LogP contribution in [0.1, 0.15) is 17.5 Å². The number of sulfonamides is 1. The zero-order valence-corrected chi connectivity index (χ0v) is 12.6. The highest BCUT2D eigenvalue weighted by molar-refractivity contribution is 7.92. The summed E-state index contributed by atoms with van der Waals surface area (Å²) in [6.45, 7) is 2.54. The molecule has 0 saturated carbocycles. The number of hydrogen-bond donors (Lipinski definition) is 1. The first-order chi connectivity index (χ1) is 10.1. The Labute approximate surface area is 124 Å². The number of ether oxygens (including phenoxy) is 1. The lowest BCUT2D eigenvalue weighted by atomic mass is 10.1. The lowest BCUT2D eigenvalue weighted by molar-refractivity contribution is 0.290. The van der Waals surface area contributed by atoms with E-state index in [2.05, 4.69) is 4.72 Å². The second-order valence-corrected chi connectivity index (χ2v) is 6.85. The van der Waals surface area contributed by atoms with Gasteiger partial charge in [0.05, 0.1) is 17.2 Å². The Morgan fingerprint density at radius 3 is 2.62 bits per heavy atom. The number of anilines is 1. The zero-order chi connectivity index (χ0) is 14.9. The first-order valence-electron chi connectivity index (χ1n) is 6.90. The summed E-state index contributed by atoms with van der Waals surface area (Å²) in [5.74, 6) is 0.652. The van der Waals surface area contributed by atoms with Crippen LogP contribution in [0, 0.1) is 6.92 Å². The minimum Gasteiger partial charge on any atom is -0.491 e. The Morgan fingerprint density at radius 1 is 1.10 bits per heavy atom. The first-order valence-corrected chi connectivity index (χ1v) is 8.39. The molecule has 110 valence electrons. The highest BCUT2D eigenvalue weighted by Gasteiger charge is 2.19. The Hall–Kier alpha value is -2.01. The van der Waals surface area contributed by atoms with E-state index in [0.717, 1.165) is 24.0 Å². The topological polar surface area (TPSA) is 55.4 Å². The third kappa shape index (κ3) is 2.88. The van der Waals surface area contributed by atoms with Crippen molar-refractivity contribution in [2.45, 2.75) is 24.7 Å². The number of fused-ring (bicyclic) bond motifs is 1. The summed E-state index contributed by atoms with van der Waals surface area (Å²) in [5, 5.41) is 0. The van der Waals surface area contributed by atoms with Crippen LogP contribution < -0.4 is 9.46 Å². The molecule has 0 unspecified atom stereocenters. The van der Waals surface area contributed by atoms with Crippen LogP contribution in [0.25, 0.3) is 0 Å². The quantitative estimate of drug-likeness (QED) is 0.948. The van der Waals surface area contributed by atoms with E-state index >= 15 is 0 Å². The summed E-state index contributed by atoms with van der Waals surface area (Å²) in [5.41, 5.74) is 2.58. The molecule has 0 saturated heterocycles. The highest BCUT2D eigenvalue weighted by atomic mass is 32.2. The van der Waals surface area contributed by atoms with E-state index in [-0.39, 0.29) is 4.90 Å². The molecule has 2 aromatic carbocycles. The normalized spacial score (nSPS) is 14.1. The SMILES string of the molecule is Cc1ccc(S(=O)(=O)Nc2cccc3c2OCCC3)cc1. The van der Waals surface area contributed by atoms with Gasteiger partial charge in [-0.3, -0.25) is 4.72 Å². The van der Waals surface area contributed by atoms with Crippen molar-refractivity contribution in [3.63, 3.8) is 0 Å². The Morgan fingerprint density at radius 2 is 1.86 bits per heavy atom. The van der Waals surface area contributed by atoms with Crippen LogP contribution in [-0.2, 0) is 16.4 Å². The van der Waals surface area contributed by atoms with E-state index in [1.165, 1.54) is 0 Å². The summed E-state index contributed by atoms with van der Waals surface area (Å²) < 4.78 is 33.1. The molecule has 21 heavy (non-hydrogen) atoms. The van der Waals surface area contributed by atoms with E-state index in [0.29, 0.717) is 18.0 Å². The average Bonchev–Trinajstić information content (AvgIpc) is 2.48. The lowest BCUT2D eigenvalue weighted by Crippen LogP contribution is -2.16. The highest BCUT2D eigenvalue weighted by Crippen LogP contribution is 2.34. The van der Waals surface area contributed by atoms with Crippen LogP contribution >= 0.6 is 0 Å². The van der Waals surface area contributed by atoms with Crippen molar-refractivity contribution in [3.8, 4) is 5.75 Å². The Kier molecular flexibility index (Phi) is 3.59. The summed E-state index contributed by atoms with van der Waals surface area (Å²) in [6.07, 6.45) is 1.87. The molecule has 1 heterocycles. The fourth-order valence-corrected chi connectivity index (χ4v) is 3.45. The number of nitrogens with one attached hydrogen (secondary N) is 1. The lowest BCUT2D eigenvalue weighted by Gasteiger charge is -2.20. The van der Waals surface area contributed by atoms with Crippen molar-refractivity contribution in [2.75, 3.05) is 11.3 Å². The number of aryl methyl sites for hydroxylation is 2. The molecule has 2 aromatic rings. The third-order valence-electron chi connectivity index (χ3n) is 3.51. The van der Waals surface area contributed by atoms with E-state index in [4.69, 9.17) is 4.74 Å². The van der Waals surface area contributed by atoms with Crippen LogP contribution in [0.2, 0.25) is 0 Å². The first kappa shape index (κ1) is 13.9. The molecular weight excluding hydrogens is 286 g/mol. The molecule has 1 N–H and O–H groups in total. The molecule has 0 aliphatic carbocycles. The number of para-hydroxylation sites is 1. The molecule has 1 aliphatic rings. The van der Waals surface area contributed by atoms with Gasteiger partial charge < -0.3 is 4.74 Å². The smallest absolute Gasteiger partial charge is 0.262 e. The van der Waals surface area contributed by atoms with E-state index in [1.807, 2.05) is 19.1 Å². The van der Waals surface area contributed by atoms with Gasteiger partial charge in [-0.05, 0) is 43.5 Å². The zero-order valence-electron chi connectivity index (χ0n) is 11.8. The number of benzene rings is 2. The monoisotopic (exact) mass is 303 g/mol. The van der Waals surface area contributed by atoms with E-state index in [1.54, 1.807) is 30.3 Å². The molecule has 0 spiro atoms. The maximum Gasteiger partial charge on any atom is 0.262 e. The van der Waals surface area contributed by atoms with Gasteiger partial charge in [-0.15, -0.1) is 0 Å². The largest absolute Gasteiger partial charge is 0.491 e. The molecule has 1 aliphatic heterocycles. The van der Waals surface area contributed by atoms with Gasteiger partial charge in [-0.1, -0.05) is 29.8 Å². The van der Waals surface area contributed by atoms with Crippen LogP contribution in [0.15, 0.2) is 47.4 Å². The predicted molar refractivity (Wildman–Crippen MR) is 82.2 cm³/mol. The van der Waals surface area contributed by atoms with Crippen molar-refractivity contribution < 1.29 is 13.2 Å². The van der Waals surface area contributed by atoms with Crippen LogP contribution in [-0.4, -0.2) is 15.0 Å². The van der Waals surface area contributed by atoms with E-state index in [9.17, 15) is 8.42 Å². The Bertz CT molecular complexity index is 752.